The molecule has 0 amide bonds. The van der Waals surface area contributed by atoms with Crippen molar-refractivity contribution in [3.05, 3.63) is 40.1 Å². The molecule has 0 spiro atoms. The van der Waals surface area contributed by atoms with Crippen molar-refractivity contribution in [2.75, 3.05) is 5.75 Å². The molecule has 0 aliphatic carbocycles. The van der Waals surface area contributed by atoms with Gasteiger partial charge in [0.05, 0.1) is 0 Å². The summed E-state index contributed by atoms with van der Waals surface area (Å²) in [4.78, 5) is 0. The number of halogens is 3. The fraction of sp³-hybridized carbons (Fsp3) is 0.182. The van der Waals surface area contributed by atoms with E-state index in [0.29, 0.717) is 11.3 Å². The molecule has 1 rings (SSSR count). The molecule has 1 aromatic rings. The number of amidine groups is 1. The summed E-state index contributed by atoms with van der Waals surface area (Å²) in [5.74, 6) is 0.331. The number of nitrogens with one attached hydrogen (secondary N) is 1. The van der Waals surface area contributed by atoms with E-state index in [2.05, 4.69) is 15.9 Å². The Labute approximate surface area is 119 Å². The minimum atomic E-state index is -0.246. The van der Waals surface area contributed by atoms with Crippen LogP contribution < -0.4 is 5.73 Å². The molecule has 0 aliphatic heterocycles. The van der Waals surface area contributed by atoms with Crippen LogP contribution in [-0.2, 0) is 0 Å². The molecule has 0 atom stereocenters. The lowest BCUT2D eigenvalue weighted by Crippen LogP contribution is -2.03. The van der Waals surface area contributed by atoms with E-state index >= 15 is 0 Å². The maximum Gasteiger partial charge on any atom is 0.151 e. The predicted molar refractivity (Wildman–Crippen MR) is 79.4 cm³/mol. The third-order valence-corrected chi connectivity index (χ3v) is 3.12. The highest BCUT2D eigenvalue weighted by atomic mass is 79.9. The van der Waals surface area contributed by atoms with Gasteiger partial charge in [-0.15, -0.1) is 12.4 Å². The van der Waals surface area contributed by atoms with Gasteiger partial charge in [0.25, 0.3) is 0 Å². The van der Waals surface area contributed by atoms with E-state index in [4.69, 9.17) is 11.1 Å². The van der Waals surface area contributed by atoms with Crippen LogP contribution in [0.15, 0.2) is 28.7 Å². The third kappa shape index (κ3) is 5.57. The van der Waals surface area contributed by atoms with Crippen LogP contribution >= 0.6 is 40.1 Å². The summed E-state index contributed by atoms with van der Waals surface area (Å²) in [5.41, 5.74) is 6.62. The molecule has 17 heavy (non-hydrogen) atoms. The van der Waals surface area contributed by atoms with Crippen molar-refractivity contribution in [3.63, 3.8) is 0 Å². The van der Waals surface area contributed by atoms with Crippen molar-refractivity contribution >= 4 is 50.8 Å². The lowest BCUT2D eigenvalue weighted by atomic mass is 10.1. The number of thioether (sulfide) groups is 1. The molecule has 0 radical (unpaired) electrons. The lowest BCUT2D eigenvalue weighted by molar-refractivity contribution is 0.623. The van der Waals surface area contributed by atoms with E-state index in [0.717, 1.165) is 10.0 Å². The molecule has 6 heteroatoms. The molecule has 0 saturated carbocycles. The second kappa shape index (κ2) is 7.74. The van der Waals surface area contributed by atoms with Gasteiger partial charge in [-0.05, 0) is 30.7 Å². The van der Waals surface area contributed by atoms with Crippen molar-refractivity contribution in [1.82, 2.24) is 0 Å². The van der Waals surface area contributed by atoms with E-state index in [9.17, 15) is 4.39 Å². The van der Waals surface area contributed by atoms with E-state index in [-0.39, 0.29) is 23.4 Å². The Hall–Kier alpha value is -0.520. The summed E-state index contributed by atoms with van der Waals surface area (Å²) >= 11 is 4.52. The molecular weight excluding hydrogens is 327 g/mol. The van der Waals surface area contributed by atoms with Crippen LogP contribution in [0.1, 0.15) is 12.5 Å². The number of allylic oxidation sites excluding steroid dienone is 1. The molecule has 0 fully saturated rings. The van der Waals surface area contributed by atoms with Gasteiger partial charge in [0.2, 0.25) is 0 Å². The van der Waals surface area contributed by atoms with Gasteiger partial charge in [0, 0.05) is 15.8 Å². The number of rotatable bonds is 3. The first kappa shape index (κ1) is 16.5. The van der Waals surface area contributed by atoms with E-state index in [1.807, 2.05) is 13.0 Å². The average Bonchev–Trinajstić information content (AvgIpc) is 2.21. The van der Waals surface area contributed by atoms with Crippen LogP contribution in [0.2, 0.25) is 0 Å². The summed E-state index contributed by atoms with van der Waals surface area (Å²) in [6.07, 6.45) is 1.86. The van der Waals surface area contributed by atoms with Gasteiger partial charge in [0.15, 0.2) is 5.17 Å². The smallest absolute Gasteiger partial charge is 0.151 e. The monoisotopic (exact) mass is 338 g/mol. The first-order chi connectivity index (χ1) is 7.50. The Kier molecular flexibility index (Phi) is 7.50. The molecule has 1 aromatic carbocycles. The minimum Gasteiger partial charge on any atom is -0.379 e. The van der Waals surface area contributed by atoms with Crippen LogP contribution in [0.3, 0.4) is 0 Å². The Balaban J connectivity index is 0.00000256. The highest BCUT2D eigenvalue weighted by molar-refractivity contribution is 9.10. The first-order valence-electron chi connectivity index (χ1n) is 4.59. The Morgan fingerprint density at radius 3 is 2.82 bits per heavy atom. The van der Waals surface area contributed by atoms with Crippen LogP contribution in [0, 0.1) is 11.2 Å². The second-order valence-electron chi connectivity index (χ2n) is 3.19. The third-order valence-electron chi connectivity index (χ3n) is 1.98. The van der Waals surface area contributed by atoms with Gasteiger partial charge in [-0.3, -0.25) is 5.41 Å². The quantitative estimate of drug-likeness (QED) is 0.645. The van der Waals surface area contributed by atoms with Crippen molar-refractivity contribution < 1.29 is 4.39 Å². The molecule has 0 saturated heterocycles. The number of benzene rings is 1. The predicted octanol–water partition coefficient (Wildman–Crippen LogP) is 4.04. The van der Waals surface area contributed by atoms with E-state index in [1.165, 1.54) is 17.8 Å². The molecule has 0 bridgehead atoms. The zero-order valence-electron chi connectivity index (χ0n) is 9.17. The zero-order chi connectivity index (χ0) is 12.1. The van der Waals surface area contributed by atoms with Crippen LogP contribution in [0.25, 0.3) is 5.57 Å². The number of hydrogen-bond acceptors (Lipinski definition) is 2. The van der Waals surface area contributed by atoms with Gasteiger partial charge >= 0.3 is 0 Å². The molecule has 94 valence electrons. The van der Waals surface area contributed by atoms with E-state index in [1.54, 1.807) is 12.1 Å². The average molecular weight is 340 g/mol. The van der Waals surface area contributed by atoms with Gasteiger partial charge in [-0.1, -0.05) is 33.8 Å². The number of nitrogens with two attached hydrogens (primary N) is 1. The largest absolute Gasteiger partial charge is 0.379 e. The Bertz CT molecular complexity index is 437. The fourth-order valence-electron chi connectivity index (χ4n) is 1.17. The molecule has 0 unspecified atom stereocenters. The molecule has 2 nitrogen and oxygen atoms in total. The highest BCUT2D eigenvalue weighted by Crippen LogP contribution is 2.22. The Morgan fingerprint density at radius 1 is 1.59 bits per heavy atom. The summed E-state index contributed by atoms with van der Waals surface area (Å²) < 4.78 is 14.3. The maximum absolute atomic E-state index is 13.5. The summed E-state index contributed by atoms with van der Waals surface area (Å²) in [5, 5.41) is 7.12. The molecule has 0 aliphatic rings. The summed E-state index contributed by atoms with van der Waals surface area (Å²) in [7, 11) is 0. The van der Waals surface area contributed by atoms with Crippen molar-refractivity contribution in [2.24, 2.45) is 5.73 Å². The maximum atomic E-state index is 13.5. The van der Waals surface area contributed by atoms with Crippen LogP contribution in [-0.4, -0.2) is 10.9 Å². The lowest BCUT2D eigenvalue weighted by Gasteiger charge is -2.04. The standard InChI is InChI=1S/C11H12BrFN2S.ClH/c1-7(4-5-16-11(14)15)9-6-8(12)2-3-10(9)13;/h2-4,6H,5H2,1H3,(H3,14,15);1H/b7-4+;. The van der Waals surface area contributed by atoms with Crippen molar-refractivity contribution in [3.8, 4) is 0 Å². The first-order valence-corrected chi connectivity index (χ1v) is 6.37. The molecule has 0 aromatic heterocycles. The van der Waals surface area contributed by atoms with Gasteiger partial charge in [0.1, 0.15) is 5.82 Å². The SMILES string of the molecule is C/C(=C\CSC(=N)N)c1cc(Br)ccc1F.Cl. The molecule has 3 N–H and O–H groups in total. The molecular formula is C11H13BrClFN2S. The van der Waals surface area contributed by atoms with E-state index < -0.39 is 0 Å². The van der Waals surface area contributed by atoms with Crippen molar-refractivity contribution in [2.45, 2.75) is 6.92 Å². The zero-order valence-corrected chi connectivity index (χ0v) is 12.4. The van der Waals surface area contributed by atoms with Crippen molar-refractivity contribution in [1.29, 1.82) is 5.41 Å². The van der Waals surface area contributed by atoms with Gasteiger partial charge in [-0.2, -0.15) is 0 Å². The van der Waals surface area contributed by atoms with Gasteiger partial charge in [-0.25, -0.2) is 4.39 Å². The van der Waals surface area contributed by atoms with Crippen LogP contribution in [0.4, 0.5) is 4.39 Å². The highest BCUT2D eigenvalue weighted by Gasteiger charge is 2.04. The second-order valence-corrected chi connectivity index (χ2v) is 5.16. The molecule has 0 heterocycles. The minimum absolute atomic E-state index is 0. The Morgan fingerprint density at radius 2 is 2.24 bits per heavy atom. The summed E-state index contributed by atoms with van der Waals surface area (Å²) in [6.45, 7) is 1.84. The summed E-state index contributed by atoms with van der Waals surface area (Å²) in [6, 6.07) is 4.82. The number of hydrogen-bond donors (Lipinski definition) is 2. The fourth-order valence-corrected chi connectivity index (χ4v) is 2.04. The topological polar surface area (TPSA) is 49.9 Å². The normalized spacial score (nSPS) is 10.9. The van der Waals surface area contributed by atoms with Gasteiger partial charge < -0.3 is 5.73 Å². The van der Waals surface area contributed by atoms with Crippen LogP contribution in [0.5, 0.6) is 0 Å².